The molecule has 3 aromatic rings. The molecular weight excluding hydrogens is 472 g/mol. The Hall–Kier alpha value is -3.26. The van der Waals surface area contributed by atoms with Crippen molar-refractivity contribution in [3.63, 3.8) is 0 Å². The molecule has 8 heteroatoms. The lowest BCUT2D eigenvalue weighted by Gasteiger charge is -2.22. The summed E-state index contributed by atoms with van der Waals surface area (Å²) < 4.78 is 2.15. The summed E-state index contributed by atoms with van der Waals surface area (Å²) in [6.45, 7) is 2.49. The van der Waals surface area contributed by atoms with Crippen molar-refractivity contribution in [2.75, 3.05) is 4.90 Å². The van der Waals surface area contributed by atoms with Crippen LogP contribution in [0.25, 0.3) is 0 Å². The number of fused-ring (bicyclic) bond motifs is 1. The normalized spacial score (nSPS) is 14.8. The summed E-state index contributed by atoms with van der Waals surface area (Å²) in [6.07, 6.45) is 0.865. The first-order valence-corrected chi connectivity index (χ1v) is 11.2. The van der Waals surface area contributed by atoms with Gasteiger partial charge >= 0.3 is 0 Å². The van der Waals surface area contributed by atoms with Gasteiger partial charge in [-0.25, -0.2) is 4.68 Å². The molecule has 1 aromatic heterocycles. The molecule has 0 radical (unpaired) electrons. The monoisotopic (exact) mass is 494 g/mol. The van der Waals surface area contributed by atoms with Crippen LogP contribution in [0.5, 0.6) is 0 Å². The Morgan fingerprint density at radius 1 is 1.09 bits per heavy atom. The van der Waals surface area contributed by atoms with Crippen molar-refractivity contribution in [3.8, 4) is 0 Å². The Morgan fingerprint density at radius 2 is 1.84 bits per heavy atom. The average Bonchev–Trinajstić information content (AvgIpc) is 3.13. The van der Waals surface area contributed by atoms with Crippen LogP contribution in [-0.2, 0) is 24.3 Å². The van der Waals surface area contributed by atoms with E-state index in [2.05, 4.69) is 26.3 Å². The van der Waals surface area contributed by atoms with E-state index in [1.54, 1.807) is 4.90 Å². The van der Waals surface area contributed by atoms with Crippen molar-refractivity contribution >= 4 is 33.4 Å². The van der Waals surface area contributed by atoms with E-state index in [-0.39, 0.29) is 42.1 Å². The standard InChI is InChI=1S/C24H23BrN4O3/c1-16-14-18-4-2-3-5-21(18)29(16)24(32)20-10-11-23(31)28(27-20)13-12-22(30)26-15-17-6-8-19(25)9-7-17/h2-11,16H,12-15H2,1H3,(H,26,30). The summed E-state index contributed by atoms with van der Waals surface area (Å²) >= 11 is 3.38. The number of amides is 2. The van der Waals surface area contributed by atoms with Crippen molar-refractivity contribution in [2.24, 2.45) is 0 Å². The van der Waals surface area contributed by atoms with E-state index in [1.807, 2.05) is 55.5 Å². The highest BCUT2D eigenvalue weighted by Gasteiger charge is 2.32. The van der Waals surface area contributed by atoms with Gasteiger partial charge in [0.1, 0.15) is 5.69 Å². The van der Waals surface area contributed by atoms with E-state index in [0.717, 1.165) is 27.7 Å². The Balaban J connectivity index is 1.41. The third kappa shape index (κ3) is 4.80. The fraction of sp³-hybridized carbons (Fsp3) is 0.250. The van der Waals surface area contributed by atoms with E-state index in [9.17, 15) is 14.4 Å². The average molecular weight is 495 g/mol. The molecule has 2 heterocycles. The zero-order chi connectivity index (χ0) is 22.7. The molecule has 164 valence electrons. The van der Waals surface area contributed by atoms with Crippen LogP contribution in [-0.4, -0.2) is 27.6 Å². The second-order valence-corrected chi connectivity index (χ2v) is 8.71. The van der Waals surface area contributed by atoms with E-state index in [1.165, 1.54) is 16.8 Å². The molecule has 0 saturated carbocycles. The number of benzene rings is 2. The number of anilines is 1. The van der Waals surface area contributed by atoms with Crippen LogP contribution in [0.4, 0.5) is 5.69 Å². The largest absolute Gasteiger partial charge is 0.352 e. The molecular formula is C24H23BrN4O3. The number of rotatable bonds is 6. The zero-order valence-corrected chi connectivity index (χ0v) is 19.2. The van der Waals surface area contributed by atoms with E-state index >= 15 is 0 Å². The van der Waals surface area contributed by atoms with Crippen molar-refractivity contribution in [3.05, 3.63) is 92.3 Å². The lowest BCUT2D eigenvalue weighted by Crippen LogP contribution is -2.38. The molecule has 1 N–H and O–H groups in total. The van der Waals surface area contributed by atoms with Crippen LogP contribution in [0.3, 0.4) is 0 Å². The number of carbonyl (C=O) groups is 2. The molecule has 0 aliphatic carbocycles. The van der Waals surface area contributed by atoms with Crippen LogP contribution in [0, 0.1) is 0 Å². The molecule has 0 spiro atoms. The summed E-state index contributed by atoms with van der Waals surface area (Å²) in [6, 6.07) is 18.2. The summed E-state index contributed by atoms with van der Waals surface area (Å²) in [5.74, 6) is -0.448. The number of hydrogen-bond acceptors (Lipinski definition) is 4. The van der Waals surface area contributed by atoms with Crippen molar-refractivity contribution in [1.29, 1.82) is 0 Å². The zero-order valence-electron chi connectivity index (χ0n) is 17.6. The maximum atomic E-state index is 13.2. The second kappa shape index (κ2) is 9.48. The maximum Gasteiger partial charge on any atom is 0.278 e. The molecule has 0 saturated heterocycles. The number of para-hydroxylation sites is 1. The molecule has 0 bridgehead atoms. The fourth-order valence-electron chi connectivity index (χ4n) is 3.82. The SMILES string of the molecule is CC1Cc2ccccc2N1C(=O)c1ccc(=O)n(CCC(=O)NCc2ccc(Br)cc2)n1. The Labute approximate surface area is 194 Å². The van der Waals surface area contributed by atoms with Crippen LogP contribution in [0.15, 0.2) is 69.9 Å². The van der Waals surface area contributed by atoms with Gasteiger partial charge in [-0.1, -0.05) is 46.3 Å². The summed E-state index contributed by atoms with van der Waals surface area (Å²) in [5, 5.41) is 7.09. The summed E-state index contributed by atoms with van der Waals surface area (Å²) in [5.41, 5.74) is 2.80. The highest BCUT2D eigenvalue weighted by Crippen LogP contribution is 2.32. The molecule has 32 heavy (non-hydrogen) atoms. The Morgan fingerprint density at radius 3 is 2.62 bits per heavy atom. The molecule has 4 rings (SSSR count). The first-order chi connectivity index (χ1) is 15.4. The highest BCUT2D eigenvalue weighted by molar-refractivity contribution is 9.10. The topological polar surface area (TPSA) is 84.3 Å². The van der Waals surface area contributed by atoms with Gasteiger partial charge in [-0.15, -0.1) is 0 Å². The van der Waals surface area contributed by atoms with Crippen LogP contribution < -0.4 is 15.8 Å². The first kappa shape index (κ1) is 22.0. The minimum atomic E-state index is -0.350. The molecule has 0 fully saturated rings. The number of aromatic nitrogens is 2. The summed E-state index contributed by atoms with van der Waals surface area (Å²) in [4.78, 5) is 39.4. The summed E-state index contributed by atoms with van der Waals surface area (Å²) in [7, 11) is 0. The predicted molar refractivity (Wildman–Crippen MR) is 126 cm³/mol. The molecule has 7 nitrogen and oxygen atoms in total. The minimum absolute atomic E-state index is 0.00599. The minimum Gasteiger partial charge on any atom is -0.352 e. The smallest absolute Gasteiger partial charge is 0.278 e. The first-order valence-electron chi connectivity index (χ1n) is 10.4. The lowest BCUT2D eigenvalue weighted by atomic mass is 10.1. The molecule has 2 aromatic carbocycles. The highest BCUT2D eigenvalue weighted by atomic mass is 79.9. The van der Waals surface area contributed by atoms with Gasteiger partial charge in [0.15, 0.2) is 0 Å². The van der Waals surface area contributed by atoms with Crippen LogP contribution in [0.2, 0.25) is 0 Å². The van der Waals surface area contributed by atoms with E-state index in [0.29, 0.717) is 6.54 Å². The third-order valence-electron chi connectivity index (χ3n) is 5.47. The molecule has 1 aliphatic rings. The van der Waals surface area contributed by atoms with Gasteiger partial charge in [-0.05, 0) is 48.7 Å². The lowest BCUT2D eigenvalue weighted by molar-refractivity contribution is -0.121. The molecule has 1 atom stereocenters. The number of hydrogen-bond donors (Lipinski definition) is 1. The van der Waals surface area contributed by atoms with Crippen molar-refractivity contribution < 1.29 is 9.59 Å². The Kier molecular flexibility index (Phi) is 6.50. The van der Waals surface area contributed by atoms with Gasteiger partial charge in [0.2, 0.25) is 5.91 Å². The fourth-order valence-corrected chi connectivity index (χ4v) is 4.08. The number of aryl methyl sites for hydroxylation is 1. The number of nitrogens with one attached hydrogen (secondary N) is 1. The number of nitrogens with zero attached hydrogens (tertiary/aromatic N) is 3. The predicted octanol–water partition coefficient (Wildman–Crippen LogP) is 3.30. The quantitative estimate of drug-likeness (QED) is 0.569. The van der Waals surface area contributed by atoms with Gasteiger partial charge in [-0.3, -0.25) is 14.4 Å². The van der Waals surface area contributed by atoms with Gasteiger partial charge in [0.25, 0.3) is 11.5 Å². The van der Waals surface area contributed by atoms with E-state index in [4.69, 9.17) is 0 Å². The van der Waals surface area contributed by atoms with Gasteiger partial charge in [0.05, 0.1) is 6.54 Å². The van der Waals surface area contributed by atoms with Gasteiger partial charge < -0.3 is 10.2 Å². The van der Waals surface area contributed by atoms with Crippen molar-refractivity contribution in [2.45, 2.75) is 38.9 Å². The number of carbonyl (C=O) groups excluding carboxylic acids is 2. The van der Waals surface area contributed by atoms with Crippen LogP contribution in [0.1, 0.15) is 35.0 Å². The van der Waals surface area contributed by atoms with Crippen molar-refractivity contribution in [1.82, 2.24) is 15.1 Å². The van der Waals surface area contributed by atoms with Gasteiger partial charge in [0, 0.05) is 35.2 Å². The van der Waals surface area contributed by atoms with E-state index < -0.39 is 0 Å². The third-order valence-corrected chi connectivity index (χ3v) is 5.99. The van der Waals surface area contributed by atoms with Crippen LogP contribution >= 0.6 is 15.9 Å². The number of halogens is 1. The molecule has 1 unspecified atom stereocenters. The maximum absolute atomic E-state index is 13.2. The Bertz CT molecular complexity index is 1210. The second-order valence-electron chi connectivity index (χ2n) is 7.79. The molecule has 2 amide bonds. The molecule has 1 aliphatic heterocycles. The van der Waals surface area contributed by atoms with Gasteiger partial charge in [-0.2, -0.15) is 5.10 Å².